The van der Waals surface area contributed by atoms with E-state index in [0.29, 0.717) is 0 Å². The van der Waals surface area contributed by atoms with Gasteiger partial charge in [-0.1, -0.05) is 107 Å². The fraction of sp³-hybridized carbons (Fsp3) is 0.121. The van der Waals surface area contributed by atoms with E-state index in [9.17, 15) is 0 Å². The number of allylic oxidation sites excluding steroid dienone is 4. The van der Waals surface area contributed by atoms with Crippen molar-refractivity contribution in [2.45, 2.75) is 26.7 Å². The molecule has 3 heteroatoms. The summed E-state index contributed by atoms with van der Waals surface area (Å²) in [5.74, 6) is 0. The van der Waals surface area contributed by atoms with E-state index in [1.807, 2.05) is 12.2 Å². The molecule has 0 N–H and O–H groups in total. The van der Waals surface area contributed by atoms with Crippen molar-refractivity contribution in [2.75, 3.05) is 0 Å². The Morgan fingerprint density at radius 1 is 0.750 bits per heavy atom. The van der Waals surface area contributed by atoms with Crippen LogP contribution in [0.15, 0.2) is 109 Å². The molecule has 0 bridgehead atoms. The molecule has 0 radical (unpaired) electrons. The molecule has 2 aliphatic rings. The first kappa shape index (κ1) is 29.9. The number of hydrogen-bond donors (Lipinski definition) is 0. The molecule has 0 spiro atoms. The average molecular weight is 587 g/mol. The topological polar surface area (TPSA) is 0 Å². The zero-order chi connectivity index (χ0) is 23.8. The normalized spacial score (nSPS) is 11.4. The molecule has 0 amide bonds. The van der Waals surface area contributed by atoms with Crippen LogP contribution in [-0.4, -0.2) is 3.21 Å². The molecule has 0 aliphatic heterocycles. The SMILES string of the molecule is C[C](C)=[Zr+2].[C-]1=CC=CC1.[Cl-].[Cl-].[c-]1c(-c2ccccc2)cc2c(c1-c1ccccc1)Cc1ccccc1-2. The Balaban J connectivity index is 0.000000357. The van der Waals surface area contributed by atoms with Gasteiger partial charge in [0.05, 0.1) is 0 Å². The van der Waals surface area contributed by atoms with Gasteiger partial charge in [-0.2, -0.15) is 6.08 Å². The third kappa shape index (κ3) is 7.84. The van der Waals surface area contributed by atoms with Crippen molar-refractivity contribution < 1.29 is 49.0 Å². The van der Waals surface area contributed by atoms with Gasteiger partial charge >= 0.3 is 41.3 Å². The van der Waals surface area contributed by atoms with E-state index in [-0.39, 0.29) is 24.8 Å². The monoisotopic (exact) mass is 584 g/mol. The summed E-state index contributed by atoms with van der Waals surface area (Å²) in [5.41, 5.74) is 10.4. The van der Waals surface area contributed by atoms with Crippen molar-refractivity contribution in [2.24, 2.45) is 0 Å². The second-order valence-electron chi connectivity index (χ2n) is 8.52. The molecule has 0 atom stereocenters. The minimum Gasteiger partial charge on any atom is -1.00 e. The number of hydrogen-bond acceptors (Lipinski definition) is 0. The van der Waals surface area contributed by atoms with Gasteiger partial charge < -0.3 is 24.8 Å². The fourth-order valence-electron chi connectivity index (χ4n) is 4.13. The Kier molecular flexibility index (Phi) is 12.5. The van der Waals surface area contributed by atoms with Crippen LogP contribution in [0.3, 0.4) is 0 Å². The van der Waals surface area contributed by atoms with Gasteiger partial charge in [0.15, 0.2) is 0 Å². The summed E-state index contributed by atoms with van der Waals surface area (Å²) in [4.78, 5) is 0. The number of halogens is 2. The summed E-state index contributed by atoms with van der Waals surface area (Å²) in [6, 6.07) is 36.0. The Hall–Kier alpha value is -2.31. The van der Waals surface area contributed by atoms with Crippen LogP contribution in [-0.2, 0) is 30.7 Å². The van der Waals surface area contributed by atoms with E-state index in [1.54, 1.807) is 24.2 Å². The summed E-state index contributed by atoms with van der Waals surface area (Å²) in [6.45, 7) is 4.25. The predicted molar refractivity (Wildman–Crippen MR) is 142 cm³/mol. The molecule has 0 aromatic heterocycles. The molecule has 6 rings (SSSR count). The van der Waals surface area contributed by atoms with Crippen LogP contribution in [0, 0.1) is 12.1 Å². The van der Waals surface area contributed by atoms with Crippen LogP contribution in [0.25, 0.3) is 33.4 Å². The smallest absolute Gasteiger partial charge is 0.0290 e. The van der Waals surface area contributed by atoms with Crippen LogP contribution in [0.2, 0.25) is 0 Å². The summed E-state index contributed by atoms with van der Waals surface area (Å²) in [5, 5.41) is 0. The third-order valence-corrected chi connectivity index (χ3v) is 5.58. The Labute approximate surface area is 243 Å². The van der Waals surface area contributed by atoms with Crippen LogP contribution in [0.4, 0.5) is 0 Å². The second-order valence-corrected chi connectivity index (χ2v) is 11.0. The van der Waals surface area contributed by atoms with Crippen LogP contribution in [0.1, 0.15) is 31.4 Å². The molecule has 4 aromatic rings. The molecule has 0 nitrogen and oxygen atoms in total. The van der Waals surface area contributed by atoms with Crippen LogP contribution < -0.4 is 24.8 Å². The molecule has 0 saturated carbocycles. The fourth-order valence-corrected chi connectivity index (χ4v) is 4.13. The van der Waals surface area contributed by atoms with E-state index < -0.39 is 0 Å². The van der Waals surface area contributed by atoms with E-state index in [2.05, 4.69) is 123 Å². The first-order chi connectivity index (χ1) is 16.6. The van der Waals surface area contributed by atoms with Crippen molar-refractivity contribution in [3.05, 3.63) is 132 Å². The molecule has 36 heavy (non-hydrogen) atoms. The summed E-state index contributed by atoms with van der Waals surface area (Å²) in [7, 11) is 0. The van der Waals surface area contributed by atoms with E-state index in [4.69, 9.17) is 0 Å². The van der Waals surface area contributed by atoms with Crippen LogP contribution in [0.5, 0.6) is 0 Å². The predicted octanol–water partition coefficient (Wildman–Crippen LogP) is 2.45. The summed E-state index contributed by atoms with van der Waals surface area (Å²) < 4.78 is 1.51. The van der Waals surface area contributed by atoms with Crippen molar-refractivity contribution in [1.29, 1.82) is 0 Å². The molecule has 2 aliphatic carbocycles. The van der Waals surface area contributed by atoms with Crippen molar-refractivity contribution >= 4 is 3.21 Å². The quantitative estimate of drug-likeness (QED) is 0.279. The standard InChI is InChI=1S/C25H17.C5H5.C3H6.2ClH.Zr/c1-3-9-18(10-4-1)21-16-23(19-11-5-2-6-12-19)25-15-20-13-7-8-14-22(20)24(25)17-21;1-2-4-5-3-1;1-3-2;;;/h1-14,17H,15H2;1-3H,4H2;1-2H3;2*1H;/q2*-1;;;;+2/p-2. The largest absolute Gasteiger partial charge is 1.00 e. The summed E-state index contributed by atoms with van der Waals surface area (Å²) >= 11 is 1.55. The first-order valence-corrected chi connectivity index (χ1v) is 12.9. The van der Waals surface area contributed by atoms with E-state index in [1.165, 1.54) is 42.2 Å². The van der Waals surface area contributed by atoms with Crippen molar-refractivity contribution in [1.82, 2.24) is 0 Å². The van der Waals surface area contributed by atoms with Gasteiger partial charge in [-0.3, -0.25) is 6.08 Å². The van der Waals surface area contributed by atoms with E-state index in [0.717, 1.165) is 18.4 Å². The maximum absolute atomic E-state index is 3.71. The second kappa shape index (κ2) is 15.1. The van der Waals surface area contributed by atoms with E-state index >= 15 is 0 Å². The minimum absolute atomic E-state index is 0. The zero-order valence-electron chi connectivity index (χ0n) is 20.6. The van der Waals surface area contributed by atoms with Crippen molar-refractivity contribution in [3.63, 3.8) is 0 Å². The zero-order valence-corrected chi connectivity index (χ0v) is 24.5. The Morgan fingerprint density at radius 3 is 1.89 bits per heavy atom. The third-order valence-electron chi connectivity index (χ3n) is 5.58. The maximum atomic E-state index is 3.71. The van der Waals surface area contributed by atoms with Gasteiger partial charge in [-0.15, -0.1) is 29.7 Å². The number of benzene rings is 4. The molecule has 0 fully saturated rings. The Morgan fingerprint density at radius 2 is 1.33 bits per heavy atom. The molecule has 180 valence electrons. The van der Waals surface area contributed by atoms with Gasteiger partial charge in [-0.25, -0.2) is 12.2 Å². The van der Waals surface area contributed by atoms with Crippen molar-refractivity contribution in [3.8, 4) is 33.4 Å². The van der Waals surface area contributed by atoms with Gasteiger partial charge in [0.2, 0.25) is 0 Å². The van der Waals surface area contributed by atoms with Gasteiger partial charge in [0.25, 0.3) is 0 Å². The van der Waals surface area contributed by atoms with Crippen LogP contribution >= 0.6 is 0 Å². The number of fused-ring (bicyclic) bond motifs is 3. The Bertz CT molecular complexity index is 1310. The number of rotatable bonds is 2. The maximum Gasteiger partial charge on any atom is -0.0290 e. The average Bonchev–Trinajstić information content (AvgIpc) is 3.56. The molecule has 0 saturated heterocycles. The molecular weight excluding hydrogens is 558 g/mol. The van der Waals surface area contributed by atoms with Gasteiger partial charge in [0, 0.05) is 0 Å². The molecule has 4 aromatic carbocycles. The molecule has 0 unspecified atom stereocenters. The molecular formula is C33H28Cl2Zr-2. The first-order valence-electron chi connectivity index (χ1n) is 11.7. The van der Waals surface area contributed by atoms with Gasteiger partial charge in [0.1, 0.15) is 0 Å². The molecule has 0 heterocycles. The van der Waals surface area contributed by atoms with Gasteiger partial charge in [-0.05, 0) is 17.5 Å². The summed E-state index contributed by atoms with van der Waals surface area (Å²) in [6.07, 6.45) is 11.0. The minimum atomic E-state index is 0.